The van der Waals surface area contributed by atoms with Crippen molar-refractivity contribution in [1.82, 2.24) is 10.2 Å². The first-order valence-corrected chi connectivity index (χ1v) is 8.86. The SMILES string of the molecule is CCNC(=NCC(CC)(CC)CCO)N1CC(C)(C)C1(C)C.I. The summed E-state index contributed by atoms with van der Waals surface area (Å²) < 4.78 is 0. The summed E-state index contributed by atoms with van der Waals surface area (Å²) in [5.74, 6) is 1.02. The molecule has 4 nitrogen and oxygen atoms in total. The van der Waals surface area contributed by atoms with Crippen LogP contribution in [0.5, 0.6) is 0 Å². The maximum Gasteiger partial charge on any atom is 0.194 e. The first kappa shape index (κ1) is 23.0. The van der Waals surface area contributed by atoms with Crippen LogP contribution in [0.1, 0.15) is 67.7 Å². The molecule has 0 aromatic heterocycles. The van der Waals surface area contributed by atoms with Crippen LogP contribution in [0.4, 0.5) is 0 Å². The van der Waals surface area contributed by atoms with Gasteiger partial charge in [0.05, 0.1) is 0 Å². The molecule has 5 heteroatoms. The monoisotopic (exact) mass is 439 g/mol. The molecule has 1 fully saturated rings. The third-order valence-electron chi connectivity index (χ3n) is 6.18. The molecule has 1 heterocycles. The Morgan fingerprint density at radius 1 is 1.17 bits per heavy atom. The molecule has 0 aliphatic carbocycles. The molecule has 0 aromatic rings. The zero-order chi connectivity index (χ0) is 17.0. The van der Waals surface area contributed by atoms with Gasteiger partial charge >= 0.3 is 0 Å². The number of nitrogens with one attached hydrogen (secondary N) is 1. The second-order valence-corrected chi connectivity index (χ2v) is 7.88. The summed E-state index contributed by atoms with van der Waals surface area (Å²) in [4.78, 5) is 7.34. The molecule has 0 spiro atoms. The number of hydrogen-bond donors (Lipinski definition) is 2. The van der Waals surface area contributed by atoms with E-state index < -0.39 is 0 Å². The molecule has 1 rings (SSSR count). The second-order valence-electron chi connectivity index (χ2n) is 7.88. The lowest BCUT2D eigenvalue weighted by Gasteiger charge is -2.62. The van der Waals surface area contributed by atoms with Crippen LogP contribution in [0.3, 0.4) is 0 Å². The van der Waals surface area contributed by atoms with Crippen molar-refractivity contribution in [1.29, 1.82) is 0 Å². The van der Waals surface area contributed by atoms with Crippen molar-refractivity contribution in [3.05, 3.63) is 0 Å². The van der Waals surface area contributed by atoms with Crippen molar-refractivity contribution in [2.45, 2.75) is 73.3 Å². The maximum absolute atomic E-state index is 9.38. The van der Waals surface area contributed by atoms with Gasteiger partial charge in [-0.05, 0) is 45.4 Å². The Kier molecular flexibility index (Phi) is 8.87. The summed E-state index contributed by atoms with van der Waals surface area (Å²) in [7, 11) is 0. The van der Waals surface area contributed by atoms with Crippen molar-refractivity contribution < 1.29 is 5.11 Å². The van der Waals surface area contributed by atoms with Crippen LogP contribution in [0.2, 0.25) is 0 Å². The highest BCUT2D eigenvalue weighted by Gasteiger charge is 2.53. The molecule has 1 saturated heterocycles. The van der Waals surface area contributed by atoms with Crippen LogP contribution in [-0.4, -0.2) is 47.7 Å². The van der Waals surface area contributed by atoms with Gasteiger partial charge in [-0.1, -0.05) is 27.7 Å². The lowest BCUT2D eigenvalue weighted by atomic mass is 9.65. The summed E-state index contributed by atoms with van der Waals surface area (Å²) in [6, 6.07) is 0. The number of guanidine groups is 1. The minimum Gasteiger partial charge on any atom is -0.396 e. The van der Waals surface area contributed by atoms with Crippen LogP contribution in [0, 0.1) is 10.8 Å². The van der Waals surface area contributed by atoms with E-state index in [0.717, 1.165) is 44.9 Å². The van der Waals surface area contributed by atoms with Gasteiger partial charge < -0.3 is 15.3 Å². The predicted octanol–water partition coefficient (Wildman–Crippen LogP) is 3.88. The van der Waals surface area contributed by atoms with Gasteiger partial charge in [0.1, 0.15) is 0 Å². The molecule has 0 atom stereocenters. The number of halogens is 1. The Hall–Kier alpha value is -0.0400. The van der Waals surface area contributed by atoms with Crippen molar-refractivity contribution in [3.63, 3.8) is 0 Å². The molecule has 1 aliphatic heterocycles. The average molecular weight is 439 g/mol. The van der Waals surface area contributed by atoms with E-state index in [0.29, 0.717) is 5.41 Å². The van der Waals surface area contributed by atoms with E-state index in [-0.39, 0.29) is 41.5 Å². The normalized spacial score (nSPS) is 19.8. The van der Waals surface area contributed by atoms with E-state index in [2.05, 4.69) is 58.7 Å². The first-order valence-electron chi connectivity index (χ1n) is 8.86. The molecule has 0 aromatic carbocycles. The maximum atomic E-state index is 9.38. The zero-order valence-electron chi connectivity index (χ0n) is 16.2. The molecule has 0 unspecified atom stereocenters. The summed E-state index contributed by atoms with van der Waals surface area (Å²) in [6.07, 6.45) is 2.95. The van der Waals surface area contributed by atoms with Crippen molar-refractivity contribution in [2.24, 2.45) is 15.8 Å². The number of likely N-dealkylation sites (tertiary alicyclic amines) is 1. The fourth-order valence-electron chi connectivity index (χ4n) is 3.18. The number of aliphatic hydroxyl groups excluding tert-OH is 1. The van der Waals surface area contributed by atoms with Gasteiger partial charge in [-0.3, -0.25) is 4.99 Å². The summed E-state index contributed by atoms with van der Waals surface area (Å²) in [5, 5.41) is 12.8. The molecule has 1 aliphatic rings. The van der Waals surface area contributed by atoms with Crippen LogP contribution < -0.4 is 5.32 Å². The van der Waals surface area contributed by atoms with Gasteiger partial charge in [0.2, 0.25) is 0 Å². The number of aliphatic imine (C=N–C) groups is 1. The molecule has 0 saturated carbocycles. The van der Waals surface area contributed by atoms with Gasteiger partial charge in [-0.2, -0.15) is 0 Å². The van der Waals surface area contributed by atoms with Gasteiger partial charge in [0.15, 0.2) is 5.96 Å². The van der Waals surface area contributed by atoms with Gasteiger partial charge in [0.25, 0.3) is 0 Å². The topological polar surface area (TPSA) is 47.9 Å². The Morgan fingerprint density at radius 2 is 1.74 bits per heavy atom. The molecule has 2 N–H and O–H groups in total. The Bertz CT molecular complexity index is 390. The van der Waals surface area contributed by atoms with Crippen LogP contribution in [0.25, 0.3) is 0 Å². The molecule has 0 radical (unpaired) electrons. The summed E-state index contributed by atoms with van der Waals surface area (Å²) >= 11 is 0. The largest absolute Gasteiger partial charge is 0.396 e. The second kappa shape index (κ2) is 8.88. The minimum atomic E-state index is 0. The van der Waals surface area contributed by atoms with E-state index >= 15 is 0 Å². The fourth-order valence-corrected chi connectivity index (χ4v) is 3.18. The Morgan fingerprint density at radius 3 is 2.09 bits per heavy atom. The van der Waals surface area contributed by atoms with Gasteiger partial charge in [0, 0.05) is 37.2 Å². The quantitative estimate of drug-likeness (QED) is 0.360. The standard InChI is InChI=1S/C18H37N3O.HI/c1-8-18(9-2,11-12-22)13-20-15(19-10-3)21-14-16(4,5)17(21,6)7;/h22H,8-14H2,1-7H3,(H,19,20);1H. The van der Waals surface area contributed by atoms with E-state index in [1.165, 1.54) is 0 Å². The smallest absolute Gasteiger partial charge is 0.194 e. The number of rotatable bonds is 7. The minimum absolute atomic E-state index is 0. The van der Waals surface area contributed by atoms with Crippen LogP contribution in [-0.2, 0) is 0 Å². The van der Waals surface area contributed by atoms with Crippen molar-refractivity contribution in [2.75, 3.05) is 26.2 Å². The highest BCUT2D eigenvalue weighted by molar-refractivity contribution is 14.0. The lowest BCUT2D eigenvalue weighted by molar-refractivity contribution is -0.0669. The predicted molar refractivity (Wildman–Crippen MR) is 111 cm³/mol. The molecular formula is C18H38IN3O. The van der Waals surface area contributed by atoms with E-state index in [1.807, 2.05) is 0 Å². The number of nitrogens with zero attached hydrogens (tertiary/aromatic N) is 2. The van der Waals surface area contributed by atoms with Gasteiger partial charge in [-0.25, -0.2) is 0 Å². The lowest BCUT2D eigenvalue weighted by Crippen LogP contribution is -2.72. The number of aliphatic hydroxyl groups is 1. The average Bonchev–Trinajstić information content (AvgIpc) is 2.48. The molecule has 0 amide bonds. The molecular weight excluding hydrogens is 401 g/mol. The van der Waals surface area contributed by atoms with Crippen molar-refractivity contribution >= 4 is 29.9 Å². The van der Waals surface area contributed by atoms with E-state index in [9.17, 15) is 5.11 Å². The Balaban J connectivity index is 0.00000484. The molecule has 23 heavy (non-hydrogen) atoms. The van der Waals surface area contributed by atoms with E-state index in [4.69, 9.17) is 4.99 Å². The summed E-state index contributed by atoms with van der Waals surface area (Å²) in [5.41, 5.74) is 0.549. The summed E-state index contributed by atoms with van der Waals surface area (Å²) in [6.45, 7) is 18.7. The third kappa shape index (κ3) is 4.74. The van der Waals surface area contributed by atoms with Gasteiger partial charge in [-0.15, -0.1) is 24.0 Å². The van der Waals surface area contributed by atoms with E-state index in [1.54, 1.807) is 0 Å². The highest BCUT2D eigenvalue weighted by atomic mass is 127. The molecule has 0 bridgehead atoms. The Labute approximate surface area is 160 Å². The number of hydrogen-bond acceptors (Lipinski definition) is 2. The van der Waals surface area contributed by atoms with Crippen LogP contribution in [0.15, 0.2) is 4.99 Å². The fraction of sp³-hybridized carbons (Fsp3) is 0.944. The third-order valence-corrected chi connectivity index (χ3v) is 6.18. The van der Waals surface area contributed by atoms with Crippen molar-refractivity contribution in [3.8, 4) is 0 Å². The highest BCUT2D eigenvalue weighted by Crippen LogP contribution is 2.46. The molecule has 138 valence electrons. The zero-order valence-corrected chi connectivity index (χ0v) is 18.5. The van der Waals surface area contributed by atoms with Crippen LogP contribution >= 0.6 is 24.0 Å². The first-order chi connectivity index (χ1) is 10.2.